The molecule has 0 fully saturated rings. The molecular weight excluding hydrogens is 226 g/mol. The molecule has 0 saturated heterocycles. The molecule has 18 heavy (non-hydrogen) atoms. The van der Waals surface area contributed by atoms with Crippen molar-refractivity contribution in [1.29, 1.82) is 0 Å². The lowest BCUT2D eigenvalue weighted by Gasteiger charge is -2.10. The van der Waals surface area contributed by atoms with Crippen LogP contribution in [0.5, 0.6) is 0 Å². The normalized spacial score (nSPS) is 17.2. The first kappa shape index (κ1) is 14.2. The summed E-state index contributed by atoms with van der Waals surface area (Å²) in [4.78, 5) is 18.1. The van der Waals surface area contributed by atoms with E-state index in [1.165, 1.54) is 0 Å². The average Bonchev–Trinajstić information content (AvgIpc) is 2.51. The second-order valence-electron chi connectivity index (χ2n) is 4.92. The molecule has 98 valence electrons. The number of allylic oxidation sites excluding steroid dienone is 1. The highest BCUT2D eigenvalue weighted by Crippen LogP contribution is 2.21. The zero-order valence-electron chi connectivity index (χ0n) is 11.7. The second kappa shape index (κ2) is 5.67. The number of amidine groups is 1. The molecule has 0 aliphatic carbocycles. The summed E-state index contributed by atoms with van der Waals surface area (Å²) >= 11 is 0. The smallest absolute Gasteiger partial charge is 0.253 e. The van der Waals surface area contributed by atoms with E-state index < -0.39 is 0 Å². The number of likely N-dealkylation sites (N-methyl/N-ethyl adjacent to an activating group) is 1. The molecule has 0 aromatic rings. The fraction of sp³-hybridized carbons (Fsp3) is 0.429. The zero-order valence-corrected chi connectivity index (χ0v) is 11.7. The number of nitrogens with zero attached hydrogens (tertiary/aromatic N) is 2. The number of rotatable bonds is 3. The van der Waals surface area contributed by atoms with Crippen LogP contribution in [0.1, 0.15) is 27.7 Å². The van der Waals surface area contributed by atoms with Crippen molar-refractivity contribution in [2.45, 2.75) is 33.7 Å². The van der Waals surface area contributed by atoms with Crippen LogP contribution in [0, 0.1) is 0 Å². The van der Waals surface area contributed by atoms with Crippen LogP contribution in [0.4, 0.5) is 0 Å². The van der Waals surface area contributed by atoms with Gasteiger partial charge in [-0.1, -0.05) is 12.2 Å². The quantitative estimate of drug-likeness (QED) is 0.831. The molecule has 1 heterocycles. The van der Waals surface area contributed by atoms with Gasteiger partial charge in [-0.25, -0.2) is 4.99 Å². The Hall–Kier alpha value is -1.84. The van der Waals surface area contributed by atoms with Gasteiger partial charge in [0.15, 0.2) is 0 Å². The molecule has 1 rings (SSSR count). The van der Waals surface area contributed by atoms with E-state index in [-0.39, 0.29) is 11.9 Å². The van der Waals surface area contributed by atoms with E-state index >= 15 is 0 Å². The molecular formula is C14H21N3O. The summed E-state index contributed by atoms with van der Waals surface area (Å²) in [5.41, 5.74) is 2.34. The topological polar surface area (TPSA) is 44.7 Å². The third kappa shape index (κ3) is 3.32. The summed E-state index contributed by atoms with van der Waals surface area (Å²) in [5.74, 6) is 0.606. The summed E-state index contributed by atoms with van der Waals surface area (Å²) < 4.78 is 0. The predicted molar refractivity (Wildman–Crippen MR) is 75.1 cm³/mol. The molecule has 0 radical (unpaired) electrons. The lowest BCUT2D eigenvalue weighted by atomic mass is 10.1. The van der Waals surface area contributed by atoms with Crippen molar-refractivity contribution < 1.29 is 4.79 Å². The van der Waals surface area contributed by atoms with Crippen LogP contribution in [-0.4, -0.2) is 29.7 Å². The molecule has 1 aliphatic rings. The maximum atomic E-state index is 12.0. The van der Waals surface area contributed by atoms with Crippen LogP contribution < -0.4 is 5.32 Å². The molecule has 4 heteroatoms. The van der Waals surface area contributed by atoms with Crippen molar-refractivity contribution in [1.82, 2.24) is 10.2 Å². The van der Waals surface area contributed by atoms with Crippen LogP contribution in [0.15, 0.2) is 40.7 Å². The van der Waals surface area contributed by atoms with Gasteiger partial charge in [-0.15, -0.1) is 0 Å². The van der Waals surface area contributed by atoms with Gasteiger partial charge in [-0.2, -0.15) is 0 Å². The highest BCUT2D eigenvalue weighted by Gasteiger charge is 2.26. The summed E-state index contributed by atoms with van der Waals surface area (Å²) in [7, 11) is 1.86. The maximum Gasteiger partial charge on any atom is 0.253 e. The molecule has 1 N–H and O–H groups in total. The minimum atomic E-state index is -0.107. The Bertz CT molecular complexity index is 452. The van der Waals surface area contributed by atoms with Crippen LogP contribution in [0.25, 0.3) is 0 Å². The minimum absolute atomic E-state index is 0.107. The van der Waals surface area contributed by atoms with E-state index in [2.05, 4.69) is 16.9 Å². The Morgan fingerprint density at radius 2 is 2.11 bits per heavy atom. The Morgan fingerprint density at radius 3 is 2.61 bits per heavy atom. The van der Waals surface area contributed by atoms with Crippen LogP contribution in [0.2, 0.25) is 0 Å². The third-order valence-electron chi connectivity index (χ3n) is 2.36. The molecule has 0 unspecified atom stereocenters. The molecule has 4 nitrogen and oxygen atoms in total. The van der Waals surface area contributed by atoms with Crippen LogP contribution in [0.3, 0.4) is 0 Å². The second-order valence-corrected chi connectivity index (χ2v) is 4.92. The SMILES string of the molecule is C=C1C(C(=O)NC(C)C)=CN(C)C1=NC=C(C)C. The number of hydrogen-bond acceptors (Lipinski definition) is 2. The summed E-state index contributed by atoms with van der Waals surface area (Å²) in [6.07, 6.45) is 3.53. The predicted octanol–water partition coefficient (Wildman–Crippen LogP) is 2.22. The Labute approximate surface area is 109 Å². The molecule has 0 aromatic carbocycles. The zero-order chi connectivity index (χ0) is 13.9. The Balaban J connectivity index is 2.92. The van der Waals surface area contributed by atoms with Gasteiger partial charge in [0.2, 0.25) is 0 Å². The maximum absolute atomic E-state index is 12.0. The number of nitrogens with one attached hydrogen (secondary N) is 1. The van der Waals surface area contributed by atoms with Crippen molar-refractivity contribution in [3.8, 4) is 0 Å². The van der Waals surface area contributed by atoms with Crippen molar-refractivity contribution in [3.05, 3.63) is 35.7 Å². The van der Waals surface area contributed by atoms with Gasteiger partial charge in [0.1, 0.15) is 5.84 Å². The number of carbonyl (C=O) groups excluding carboxylic acids is 1. The number of amides is 1. The average molecular weight is 247 g/mol. The first-order chi connectivity index (χ1) is 8.32. The van der Waals surface area contributed by atoms with Gasteiger partial charge in [0, 0.05) is 31.1 Å². The fourth-order valence-corrected chi connectivity index (χ4v) is 1.56. The van der Waals surface area contributed by atoms with Crippen LogP contribution >= 0.6 is 0 Å². The van der Waals surface area contributed by atoms with Crippen molar-refractivity contribution >= 4 is 11.7 Å². The Kier molecular flexibility index (Phi) is 4.48. The third-order valence-corrected chi connectivity index (χ3v) is 2.36. The fourth-order valence-electron chi connectivity index (χ4n) is 1.56. The first-order valence-corrected chi connectivity index (χ1v) is 5.99. The number of carbonyl (C=O) groups is 1. The monoisotopic (exact) mass is 247 g/mol. The molecule has 1 amide bonds. The Morgan fingerprint density at radius 1 is 1.50 bits per heavy atom. The lowest BCUT2D eigenvalue weighted by molar-refractivity contribution is -0.117. The van der Waals surface area contributed by atoms with Gasteiger partial charge in [0.25, 0.3) is 5.91 Å². The van der Waals surface area contributed by atoms with E-state index in [0.29, 0.717) is 17.0 Å². The highest BCUT2D eigenvalue weighted by molar-refractivity contribution is 6.16. The molecule has 0 atom stereocenters. The number of hydrogen-bond donors (Lipinski definition) is 1. The number of aliphatic imine (C=N–C) groups is 1. The van der Waals surface area contributed by atoms with Gasteiger partial charge >= 0.3 is 0 Å². The van der Waals surface area contributed by atoms with Crippen molar-refractivity contribution in [2.24, 2.45) is 4.99 Å². The van der Waals surface area contributed by atoms with E-state index in [1.54, 1.807) is 12.4 Å². The summed E-state index contributed by atoms with van der Waals surface area (Å²) in [6.45, 7) is 11.7. The molecule has 0 spiro atoms. The standard InChI is InChI=1S/C14H21N3O/c1-9(2)7-15-13-11(5)12(8-17(13)6)14(18)16-10(3)4/h7-8,10H,5H2,1-4,6H3,(H,16,18). The van der Waals surface area contributed by atoms with Gasteiger partial charge < -0.3 is 10.2 Å². The minimum Gasteiger partial charge on any atom is -0.350 e. The van der Waals surface area contributed by atoms with Crippen molar-refractivity contribution in [2.75, 3.05) is 7.05 Å². The van der Waals surface area contributed by atoms with Gasteiger partial charge in [-0.3, -0.25) is 4.79 Å². The van der Waals surface area contributed by atoms with E-state index in [1.807, 2.05) is 39.6 Å². The van der Waals surface area contributed by atoms with E-state index in [4.69, 9.17) is 0 Å². The molecule has 0 saturated carbocycles. The largest absolute Gasteiger partial charge is 0.350 e. The summed E-state index contributed by atoms with van der Waals surface area (Å²) in [5, 5.41) is 2.86. The lowest BCUT2D eigenvalue weighted by Crippen LogP contribution is -2.31. The molecule has 0 aromatic heterocycles. The van der Waals surface area contributed by atoms with Gasteiger partial charge in [-0.05, 0) is 27.7 Å². The highest BCUT2D eigenvalue weighted by atomic mass is 16.1. The van der Waals surface area contributed by atoms with E-state index in [0.717, 1.165) is 5.57 Å². The first-order valence-electron chi connectivity index (χ1n) is 5.99. The van der Waals surface area contributed by atoms with Gasteiger partial charge in [0.05, 0.1) is 5.57 Å². The molecule has 0 bridgehead atoms. The van der Waals surface area contributed by atoms with Crippen molar-refractivity contribution in [3.63, 3.8) is 0 Å². The van der Waals surface area contributed by atoms with E-state index in [9.17, 15) is 4.79 Å². The van der Waals surface area contributed by atoms with Crippen LogP contribution in [-0.2, 0) is 4.79 Å². The molecule has 1 aliphatic heterocycles. The summed E-state index contributed by atoms with van der Waals surface area (Å²) in [6, 6.07) is 0.107.